The molecule has 23 heavy (non-hydrogen) atoms. The zero-order valence-electron chi connectivity index (χ0n) is 12.6. The summed E-state index contributed by atoms with van der Waals surface area (Å²) in [5.74, 6) is -1.54. The van der Waals surface area contributed by atoms with E-state index in [0.717, 1.165) is 5.39 Å². The summed E-state index contributed by atoms with van der Waals surface area (Å²) < 4.78 is 29.1. The Bertz CT molecular complexity index is 868. The highest BCUT2D eigenvalue weighted by atomic mass is 32.2. The second kappa shape index (κ2) is 5.43. The smallest absolute Gasteiger partial charge is 0.266 e. The summed E-state index contributed by atoms with van der Waals surface area (Å²) in [6.45, 7) is 3.14. The van der Waals surface area contributed by atoms with E-state index in [1.54, 1.807) is 43.3 Å². The van der Waals surface area contributed by atoms with Gasteiger partial charge in [0.25, 0.3) is 21.9 Å². The Morgan fingerprint density at radius 2 is 1.57 bits per heavy atom. The molecule has 0 radical (unpaired) electrons. The molecule has 120 valence electrons. The molecule has 0 N–H and O–H groups in total. The molecule has 6 nitrogen and oxygen atoms in total. The first-order valence-corrected chi connectivity index (χ1v) is 8.68. The highest BCUT2D eigenvalue weighted by molar-refractivity contribution is 7.87. The minimum atomic E-state index is -4.06. The van der Waals surface area contributed by atoms with Crippen LogP contribution in [0.4, 0.5) is 0 Å². The zero-order valence-corrected chi connectivity index (χ0v) is 13.5. The van der Waals surface area contributed by atoms with Crippen LogP contribution in [0.5, 0.6) is 0 Å². The molecule has 0 bridgehead atoms. The highest BCUT2D eigenvalue weighted by Gasteiger charge is 2.38. The van der Waals surface area contributed by atoms with Crippen molar-refractivity contribution < 1.29 is 22.3 Å². The summed E-state index contributed by atoms with van der Waals surface area (Å²) in [6.07, 6.45) is 0.310. The van der Waals surface area contributed by atoms with Gasteiger partial charge in [-0.25, -0.2) is 0 Å². The minimum absolute atomic E-state index is 0.247. The van der Waals surface area contributed by atoms with Crippen LogP contribution in [0.1, 0.15) is 41.0 Å². The molecule has 2 aromatic rings. The zero-order chi connectivity index (χ0) is 16.8. The average molecular weight is 333 g/mol. The van der Waals surface area contributed by atoms with E-state index in [-0.39, 0.29) is 11.1 Å². The van der Waals surface area contributed by atoms with Crippen molar-refractivity contribution in [2.24, 2.45) is 0 Å². The SMILES string of the molecule is CCC(C)S(=O)(=O)ON1C(=O)c2cccc3cccc(c23)C1=O. The molecule has 0 saturated carbocycles. The van der Waals surface area contributed by atoms with E-state index >= 15 is 0 Å². The predicted octanol–water partition coefficient (Wildman–Crippen LogP) is 2.50. The number of hydrogen-bond donors (Lipinski definition) is 0. The average Bonchev–Trinajstić information content (AvgIpc) is 2.55. The van der Waals surface area contributed by atoms with Crippen molar-refractivity contribution in [1.29, 1.82) is 0 Å². The third-order valence-electron chi connectivity index (χ3n) is 3.98. The lowest BCUT2D eigenvalue weighted by atomic mass is 9.95. The Morgan fingerprint density at radius 3 is 2.04 bits per heavy atom. The summed E-state index contributed by atoms with van der Waals surface area (Å²) in [7, 11) is -4.06. The molecule has 1 atom stereocenters. The van der Waals surface area contributed by atoms with Crippen LogP contribution >= 0.6 is 0 Å². The van der Waals surface area contributed by atoms with Crippen LogP contribution in [0, 0.1) is 0 Å². The van der Waals surface area contributed by atoms with Crippen LogP contribution in [0.25, 0.3) is 10.8 Å². The summed E-state index contributed by atoms with van der Waals surface area (Å²) in [5, 5.41) is 0.784. The molecule has 7 heteroatoms. The van der Waals surface area contributed by atoms with Gasteiger partial charge in [0.05, 0.1) is 16.4 Å². The number of imide groups is 1. The number of carbonyl (C=O) groups excluding carboxylic acids is 2. The van der Waals surface area contributed by atoms with Crippen molar-refractivity contribution in [3.63, 3.8) is 0 Å². The van der Waals surface area contributed by atoms with Crippen molar-refractivity contribution in [1.82, 2.24) is 5.06 Å². The fourth-order valence-corrected chi connectivity index (χ4v) is 3.36. The van der Waals surface area contributed by atoms with Crippen molar-refractivity contribution in [3.8, 4) is 0 Å². The Kier molecular flexibility index (Phi) is 3.69. The predicted molar refractivity (Wildman–Crippen MR) is 84.2 cm³/mol. The van der Waals surface area contributed by atoms with Gasteiger partial charge in [-0.15, -0.1) is 9.35 Å². The first-order valence-electron chi connectivity index (χ1n) is 7.20. The second-order valence-corrected chi connectivity index (χ2v) is 7.34. The van der Waals surface area contributed by atoms with Crippen LogP contribution in [0.15, 0.2) is 36.4 Å². The third kappa shape index (κ3) is 2.42. The molecule has 1 aliphatic heterocycles. The monoisotopic (exact) mass is 333 g/mol. The van der Waals surface area contributed by atoms with Gasteiger partial charge in [0.2, 0.25) is 0 Å². The van der Waals surface area contributed by atoms with Crippen molar-refractivity contribution in [3.05, 3.63) is 47.5 Å². The molecule has 0 spiro atoms. The van der Waals surface area contributed by atoms with E-state index < -0.39 is 27.2 Å². The summed E-state index contributed by atoms with van der Waals surface area (Å²) in [4.78, 5) is 25.0. The van der Waals surface area contributed by atoms with Gasteiger partial charge in [-0.2, -0.15) is 8.42 Å². The van der Waals surface area contributed by atoms with Gasteiger partial charge in [-0.05, 0) is 30.9 Å². The maximum atomic E-state index is 12.5. The number of carbonyl (C=O) groups is 2. The summed E-state index contributed by atoms with van der Waals surface area (Å²) >= 11 is 0. The maximum absolute atomic E-state index is 12.5. The van der Waals surface area contributed by atoms with E-state index in [1.807, 2.05) is 0 Å². The Hall–Kier alpha value is -2.25. The van der Waals surface area contributed by atoms with Gasteiger partial charge in [-0.3, -0.25) is 9.59 Å². The number of hydroxylamine groups is 2. The molecule has 0 aliphatic carbocycles. The molecular formula is C16H15NO5S. The van der Waals surface area contributed by atoms with Crippen molar-refractivity contribution >= 4 is 32.7 Å². The summed E-state index contributed by atoms with van der Waals surface area (Å²) in [5.41, 5.74) is 0.495. The molecule has 1 heterocycles. The fraction of sp³-hybridized carbons (Fsp3) is 0.250. The lowest BCUT2D eigenvalue weighted by Gasteiger charge is -2.26. The van der Waals surface area contributed by atoms with Crippen LogP contribution in [-0.2, 0) is 14.4 Å². The fourth-order valence-electron chi connectivity index (χ4n) is 2.46. The lowest BCUT2D eigenvalue weighted by Crippen LogP contribution is -2.43. The highest BCUT2D eigenvalue weighted by Crippen LogP contribution is 2.30. The van der Waals surface area contributed by atoms with Gasteiger partial charge < -0.3 is 0 Å². The van der Waals surface area contributed by atoms with E-state index in [1.165, 1.54) is 6.92 Å². The molecule has 1 unspecified atom stereocenters. The van der Waals surface area contributed by atoms with E-state index in [0.29, 0.717) is 16.9 Å². The van der Waals surface area contributed by atoms with Crippen LogP contribution in [0.3, 0.4) is 0 Å². The van der Waals surface area contributed by atoms with Crippen LogP contribution in [-0.4, -0.2) is 30.5 Å². The van der Waals surface area contributed by atoms with E-state index in [2.05, 4.69) is 0 Å². The number of amides is 2. The number of rotatable bonds is 4. The second-order valence-electron chi connectivity index (χ2n) is 5.40. The first-order chi connectivity index (χ1) is 10.9. The van der Waals surface area contributed by atoms with Crippen molar-refractivity contribution in [2.45, 2.75) is 25.5 Å². The molecule has 2 amide bonds. The van der Waals surface area contributed by atoms with E-state index in [9.17, 15) is 18.0 Å². The molecule has 0 fully saturated rings. The molecular weight excluding hydrogens is 318 g/mol. The van der Waals surface area contributed by atoms with Crippen LogP contribution in [0.2, 0.25) is 0 Å². The number of hydrogen-bond acceptors (Lipinski definition) is 5. The van der Waals surface area contributed by atoms with Gasteiger partial charge in [0, 0.05) is 5.39 Å². The maximum Gasteiger partial charge on any atom is 0.291 e. The normalized spacial score (nSPS) is 16.0. The van der Waals surface area contributed by atoms with Crippen molar-refractivity contribution in [2.75, 3.05) is 0 Å². The lowest BCUT2D eigenvalue weighted by molar-refractivity contribution is -0.0161. The standard InChI is InChI=1S/C16H15NO5S/c1-3-10(2)23(20,21)22-17-15(18)12-8-4-6-11-7-5-9-13(14(11)12)16(17)19/h4-10H,3H2,1-2H3. The number of nitrogens with zero attached hydrogens (tertiary/aromatic N) is 1. The Balaban J connectivity index is 2.11. The van der Waals surface area contributed by atoms with Gasteiger partial charge >= 0.3 is 0 Å². The van der Waals surface area contributed by atoms with Gasteiger partial charge in [-0.1, -0.05) is 31.2 Å². The molecule has 1 aliphatic rings. The Labute approximate surface area is 133 Å². The van der Waals surface area contributed by atoms with Crippen LogP contribution < -0.4 is 0 Å². The molecule has 0 saturated heterocycles. The molecule has 2 aromatic carbocycles. The Morgan fingerprint density at radius 1 is 1.04 bits per heavy atom. The van der Waals surface area contributed by atoms with Gasteiger partial charge in [0.15, 0.2) is 0 Å². The minimum Gasteiger partial charge on any atom is -0.266 e. The topological polar surface area (TPSA) is 80.8 Å². The first kappa shape index (κ1) is 15.6. The largest absolute Gasteiger partial charge is 0.291 e. The number of benzene rings is 2. The molecule has 3 rings (SSSR count). The molecule has 0 aromatic heterocycles. The third-order valence-corrected chi connectivity index (χ3v) is 5.66. The van der Waals surface area contributed by atoms with Gasteiger partial charge in [0.1, 0.15) is 0 Å². The van der Waals surface area contributed by atoms with E-state index in [4.69, 9.17) is 4.28 Å². The quantitative estimate of drug-likeness (QED) is 0.803. The summed E-state index contributed by atoms with van der Waals surface area (Å²) in [6, 6.07) is 10.0.